The van der Waals surface area contributed by atoms with Crippen molar-refractivity contribution in [3.63, 3.8) is 0 Å². The van der Waals surface area contributed by atoms with E-state index in [2.05, 4.69) is 15.1 Å². The van der Waals surface area contributed by atoms with Crippen molar-refractivity contribution in [2.24, 2.45) is 7.05 Å². The average Bonchev–Trinajstić information content (AvgIpc) is 3.32. The van der Waals surface area contributed by atoms with Gasteiger partial charge in [0.1, 0.15) is 5.76 Å². The van der Waals surface area contributed by atoms with Gasteiger partial charge in [-0.1, -0.05) is 11.6 Å². The Kier molecular flexibility index (Phi) is 4.19. The SMILES string of the molecule is COc1cc(-c2cc3[nH]c(=O)n(-c4cncc5cnn(C)c45)c(=O)c3o2)c(Cl)cc1F. The van der Waals surface area contributed by atoms with Crippen LogP contribution in [0, 0.1) is 5.82 Å². The standard InChI is InChI=1S/C20H13ClFN5O4/c1-26-17-9(7-24-26)6-23-8-14(17)27-19(28)18-13(25-20(27)29)5-15(31-18)10-3-16(30-2)12(22)4-11(10)21/h3-8H,1-2H3,(H,25,29). The molecule has 0 aliphatic heterocycles. The fourth-order valence-corrected chi connectivity index (χ4v) is 3.75. The van der Waals surface area contributed by atoms with Crippen LogP contribution >= 0.6 is 11.6 Å². The molecule has 0 bridgehead atoms. The number of aromatic nitrogens is 5. The third kappa shape index (κ3) is 2.83. The third-order valence-electron chi connectivity index (χ3n) is 4.94. The van der Waals surface area contributed by atoms with E-state index in [1.807, 2.05) is 0 Å². The van der Waals surface area contributed by atoms with Crippen LogP contribution in [-0.4, -0.2) is 31.4 Å². The van der Waals surface area contributed by atoms with Crippen molar-refractivity contribution in [1.82, 2.24) is 24.3 Å². The van der Waals surface area contributed by atoms with Crippen molar-refractivity contribution in [2.45, 2.75) is 0 Å². The molecule has 5 rings (SSSR count). The van der Waals surface area contributed by atoms with E-state index in [-0.39, 0.29) is 33.3 Å². The van der Waals surface area contributed by atoms with E-state index < -0.39 is 17.1 Å². The highest BCUT2D eigenvalue weighted by Gasteiger charge is 2.20. The van der Waals surface area contributed by atoms with E-state index in [0.29, 0.717) is 16.5 Å². The van der Waals surface area contributed by atoms with E-state index in [1.54, 1.807) is 24.1 Å². The molecule has 0 atom stereocenters. The summed E-state index contributed by atoms with van der Waals surface area (Å²) < 4.78 is 27.1. The minimum absolute atomic E-state index is 0.0419. The molecular weight excluding hydrogens is 429 g/mol. The second kappa shape index (κ2) is 6.81. The lowest BCUT2D eigenvalue weighted by atomic mass is 10.1. The van der Waals surface area contributed by atoms with Crippen LogP contribution in [0.4, 0.5) is 4.39 Å². The number of furan rings is 1. The number of aromatic amines is 1. The zero-order valence-electron chi connectivity index (χ0n) is 16.1. The molecule has 0 radical (unpaired) electrons. The summed E-state index contributed by atoms with van der Waals surface area (Å²) in [5.74, 6) is -0.514. The van der Waals surface area contributed by atoms with E-state index in [9.17, 15) is 14.0 Å². The second-order valence-corrected chi connectivity index (χ2v) is 7.16. The van der Waals surface area contributed by atoms with Crippen LogP contribution in [-0.2, 0) is 7.05 Å². The van der Waals surface area contributed by atoms with Gasteiger partial charge in [-0.15, -0.1) is 0 Å². The van der Waals surface area contributed by atoms with Gasteiger partial charge < -0.3 is 14.1 Å². The second-order valence-electron chi connectivity index (χ2n) is 6.76. The Hall–Kier alpha value is -3.92. The maximum Gasteiger partial charge on any atom is 0.333 e. The van der Waals surface area contributed by atoms with E-state index in [0.717, 1.165) is 10.6 Å². The topological polar surface area (TPSA) is 108 Å². The first-order chi connectivity index (χ1) is 14.9. The van der Waals surface area contributed by atoms with Gasteiger partial charge in [0, 0.05) is 30.3 Å². The molecule has 9 nitrogen and oxygen atoms in total. The third-order valence-corrected chi connectivity index (χ3v) is 5.25. The van der Waals surface area contributed by atoms with Crippen molar-refractivity contribution in [1.29, 1.82) is 0 Å². The number of aryl methyl sites for hydroxylation is 1. The summed E-state index contributed by atoms with van der Waals surface area (Å²) in [6.45, 7) is 0. The molecule has 1 N–H and O–H groups in total. The number of halogens is 2. The molecule has 31 heavy (non-hydrogen) atoms. The summed E-state index contributed by atoms with van der Waals surface area (Å²) >= 11 is 6.16. The van der Waals surface area contributed by atoms with Gasteiger partial charge in [0.05, 0.1) is 41.2 Å². The summed E-state index contributed by atoms with van der Waals surface area (Å²) in [7, 11) is 3.01. The van der Waals surface area contributed by atoms with Gasteiger partial charge in [0.2, 0.25) is 5.58 Å². The predicted octanol–water partition coefficient (Wildman–Crippen LogP) is 3.02. The molecule has 0 unspecified atom stereocenters. The summed E-state index contributed by atoms with van der Waals surface area (Å²) in [6.07, 6.45) is 4.56. The largest absolute Gasteiger partial charge is 0.494 e. The molecule has 0 saturated carbocycles. The Morgan fingerprint density at radius 1 is 1.19 bits per heavy atom. The Morgan fingerprint density at radius 2 is 2.00 bits per heavy atom. The van der Waals surface area contributed by atoms with Gasteiger partial charge in [0.15, 0.2) is 11.6 Å². The highest BCUT2D eigenvalue weighted by molar-refractivity contribution is 6.33. The molecular formula is C20H13ClFN5O4. The van der Waals surface area contributed by atoms with Crippen molar-refractivity contribution < 1.29 is 13.5 Å². The predicted molar refractivity (Wildman–Crippen MR) is 111 cm³/mol. The van der Waals surface area contributed by atoms with Crippen LogP contribution in [0.2, 0.25) is 5.02 Å². The Bertz CT molecular complexity index is 1610. The molecule has 0 fully saturated rings. The minimum Gasteiger partial charge on any atom is -0.494 e. The molecule has 0 saturated heterocycles. The number of nitrogens with one attached hydrogen (secondary N) is 1. The Balaban J connectivity index is 1.78. The molecule has 4 heterocycles. The number of H-pyrrole nitrogens is 1. The number of hydrogen-bond acceptors (Lipinski definition) is 6. The maximum absolute atomic E-state index is 13.9. The van der Waals surface area contributed by atoms with Crippen molar-refractivity contribution in [2.75, 3.05) is 7.11 Å². The lowest BCUT2D eigenvalue weighted by molar-refractivity contribution is 0.386. The first-order valence-electron chi connectivity index (χ1n) is 8.97. The van der Waals surface area contributed by atoms with Crippen LogP contribution in [0.15, 0.2) is 50.8 Å². The molecule has 156 valence electrons. The van der Waals surface area contributed by atoms with Crippen molar-refractivity contribution in [3.8, 4) is 22.8 Å². The highest BCUT2D eigenvalue weighted by Crippen LogP contribution is 2.35. The molecule has 1 aromatic carbocycles. The Morgan fingerprint density at radius 3 is 2.77 bits per heavy atom. The molecule has 11 heteroatoms. The molecule has 0 aliphatic rings. The average molecular weight is 442 g/mol. The monoisotopic (exact) mass is 441 g/mol. The fourth-order valence-electron chi connectivity index (χ4n) is 3.51. The van der Waals surface area contributed by atoms with Crippen LogP contribution in [0.25, 0.3) is 39.0 Å². The Labute approximate surface area is 177 Å². The number of benzene rings is 1. The number of ether oxygens (including phenoxy) is 1. The first kappa shape index (κ1) is 19.1. The smallest absolute Gasteiger partial charge is 0.333 e. The fraction of sp³-hybridized carbons (Fsp3) is 0.100. The number of nitrogens with zero attached hydrogens (tertiary/aromatic N) is 4. The number of pyridine rings is 1. The summed E-state index contributed by atoms with van der Waals surface area (Å²) in [5.41, 5.74) is -0.184. The van der Waals surface area contributed by atoms with Crippen LogP contribution in [0.5, 0.6) is 5.75 Å². The van der Waals surface area contributed by atoms with E-state index in [4.69, 9.17) is 20.8 Å². The van der Waals surface area contributed by atoms with Crippen LogP contribution in [0.3, 0.4) is 0 Å². The number of fused-ring (bicyclic) bond motifs is 2. The zero-order chi connectivity index (χ0) is 21.9. The minimum atomic E-state index is -0.689. The van der Waals surface area contributed by atoms with Gasteiger partial charge in [-0.25, -0.2) is 13.8 Å². The van der Waals surface area contributed by atoms with Gasteiger partial charge in [-0.2, -0.15) is 5.10 Å². The molecule has 4 aromatic heterocycles. The van der Waals surface area contributed by atoms with Crippen LogP contribution < -0.4 is 16.0 Å². The lowest BCUT2D eigenvalue weighted by Crippen LogP contribution is -2.33. The van der Waals surface area contributed by atoms with Crippen molar-refractivity contribution >= 4 is 33.6 Å². The number of methoxy groups -OCH3 is 1. The van der Waals surface area contributed by atoms with E-state index in [1.165, 1.54) is 25.4 Å². The van der Waals surface area contributed by atoms with Gasteiger partial charge >= 0.3 is 11.2 Å². The molecule has 0 amide bonds. The highest BCUT2D eigenvalue weighted by atomic mass is 35.5. The number of hydrogen-bond donors (Lipinski definition) is 1. The first-order valence-corrected chi connectivity index (χ1v) is 9.35. The molecule has 0 aliphatic carbocycles. The van der Waals surface area contributed by atoms with E-state index >= 15 is 0 Å². The van der Waals surface area contributed by atoms with Crippen molar-refractivity contribution in [3.05, 3.63) is 68.5 Å². The summed E-state index contributed by atoms with van der Waals surface area (Å²) in [6, 6.07) is 3.88. The molecule has 5 aromatic rings. The van der Waals surface area contributed by atoms with Gasteiger partial charge in [0.25, 0.3) is 0 Å². The van der Waals surface area contributed by atoms with Gasteiger partial charge in [-0.05, 0) is 12.1 Å². The molecule has 0 spiro atoms. The summed E-state index contributed by atoms with van der Waals surface area (Å²) in [5, 5.41) is 4.87. The normalized spacial score (nSPS) is 11.5. The van der Waals surface area contributed by atoms with Gasteiger partial charge in [-0.3, -0.25) is 14.5 Å². The van der Waals surface area contributed by atoms with Crippen LogP contribution in [0.1, 0.15) is 0 Å². The number of rotatable bonds is 3. The lowest BCUT2D eigenvalue weighted by Gasteiger charge is -2.06. The summed E-state index contributed by atoms with van der Waals surface area (Å²) in [4.78, 5) is 32.7. The quantitative estimate of drug-likeness (QED) is 0.461. The zero-order valence-corrected chi connectivity index (χ0v) is 16.9. The maximum atomic E-state index is 13.9.